The topological polar surface area (TPSA) is 81.7 Å². The number of hydrogen-bond acceptors (Lipinski definition) is 6. The predicted molar refractivity (Wildman–Crippen MR) is 144 cm³/mol. The van der Waals surface area contributed by atoms with Crippen LogP contribution in [-0.4, -0.2) is 43.5 Å². The van der Waals surface area contributed by atoms with Crippen molar-refractivity contribution < 1.29 is 23.4 Å². The second-order valence-electron chi connectivity index (χ2n) is 9.14. The van der Waals surface area contributed by atoms with Crippen molar-refractivity contribution in [1.29, 1.82) is 0 Å². The Morgan fingerprint density at radius 1 is 1.03 bits per heavy atom. The van der Waals surface area contributed by atoms with E-state index in [1.807, 2.05) is 42.5 Å². The molecule has 2 N–H and O–H groups in total. The highest BCUT2D eigenvalue weighted by Crippen LogP contribution is 2.31. The highest BCUT2D eigenvalue weighted by molar-refractivity contribution is 5.89. The summed E-state index contributed by atoms with van der Waals surface area (Å²) in [6.07, 6.45) is 1.90. The number of piperidine rings is 1. The molecule has 1 fully saturated rings. The summed E-state index contributed by atoms with van der Waals surface area (Å²) in [5, 5.41) is 7.99. The first kappa shape index (κ1) is 25.6. The zero-order chi connectivity index (χ0) is 26.2. The van der Waals surface area contributed by atoms with Gasteiger partial charge in [-0.05, 0) is 65.9 Å². The molecule has 1 aromatic heterocycles. The normalized spacial score (nSPS) is 17.2. The number of benzene rings is 3. The van der Waals surface area contributed by atoms with Gasteiger partial charge in [-0.3, -0.25) is 5.32 Å². The van der Waals surface area contributed by atoms with Gasteiger partial charge in [-0.15, -0.1) is 0 Å². The number of rotatable bonds is 9. The first-order chi connectivity index (χ1) is 18.7. The third-order valence-corrected chi connectivity index (χ3v) is 6.54. The van der Waals surface area contributed by atoms with Crippen molar-refractivity contribution in [3.63, 3.8) is 0 Å². The summed E-state index contributed by atoms with van der Waals surface area (Å²) < 4.78 is 31.1. The number of nitrogens with one attached hydrogen (secondary N) is 2. The van der Waals surface area contributed by atoms with Crippen molar-refractivity contribution in [3.05, 3.63) is 102 Å². The zero-order valence-electron chi connectivity index (χ0n) is 20.9. The van der Waals surface area contributed by atoms with Crippen LogP contribution in [0.4, 0.5) is 15.0 Å². The minimum Gasteiger partial charge on any atom is -0.489 e. The Hall–Kier alpha value is -4.01. The van der Waals surface area contributed by atoms with Gasteiger partial charge < -0.3 is 19.5 Å². The molecule has 2 heterocycles. The fourth-order valence-corrected chi connectivity index (χ4v) is 4.70. The van der Waals surface area contributed by atoms with Gasteiger partial charge in [0.1, 0.15) is 30.6 Å². The van der Waals surface area contributed by atoms with Gasteiger partial charge in [-0.2, -0.15) is 0 Å². The molecule has 7 nitrogen and oxygen atoms in total. The molecule has 1 saturated heterocycles. The van der Waals surface area contributed by atoms with Gasteiger partial charge in [0.25, 0.3) is 0 Å². The van der Waals surface area contributed by atoms with Gasteiger partial charge in [0.05, 0.1) is 12.7 Å². The number of pyridine rings is 1. The SMILES string of the molecule is O=C(Nc1ccccn1)OCCOc1cc(COC2CNCCC2c2ccc(F)cc2)cc2ccccc12. The molecule has 8 heteroatoms. The van der Waals surface area contributed by atoms with Gasteiger partial charge in [0.15, 0.2) is 0 Å². The van der Waals surface area contributed by atoms with Crippen LogP contribution < -0.4 is 15.4 Å². The van der Waals surface area contributed by atoms with Crippen LogP contribution in [-0.2, 0) is 16.1 Å². The lowest BCUT2D eigenvalue weighted by Crippen LogP contribution is -2.40. The molecule has 4 aromatic rings. The number of carbonyl (C=O) groups excluding carboxylic acids is 1. The molecule has 1 aliphatic heterocycles. The maximum absolute atomic E-state index is 13.4. The Morgan fingerprint density at radius 2 is 1.87 bits per heavy atom. The molecule has 1 aliphatic rings. The summed E-state index contributed by atoms with van der Waals surface area (Å²) in [5.41, 5.74) is 2.07. The number of fused-ring (bicyclic) bond motifs is 1. The van der Waals surface area contributed by atoms with E-state index in [9.17, 15) is 9.18 Å². The first-order valence-electron chi connectivity index (χ1n) is 12.7. The summed E-state index contributed by atoms with van der Waals surface area (Å²) in [6, 6.07) is 24.0. The first-order valence-corrected chi connectivity index (χ1v) is 12.7. The third-order valence-electron chi connectivity index (χ3n) is 6.54. The Balaban J connectivity index is 1.21. The van der Waals surface area contributed by atoms with E-state index in [1.54, 1.807) is 24.4 Å². The van der Waals surface area contributed by atoms with Crippen molar-refractivity contribution in [1.82, 2.24) is 10.3 Å². The highest BCUT2D eigenvalue weighted by atomic mass is 19.1. The molecule has 2 atom stereocenters. The third kappa shape index (κ3) is 6.65. The molecule has 38 heavy (non-hydrogen) atoms. The Bertz CT molecular complexity index is 1350. The monoisotopic (exact) mass is 515 g/mol. The van der Waals surface area contributed by atoms with Gasteiger partial charge >= 0.3 is 6.09 Å². The van der Waals surface area contributed by atoms with Crippen LogP contribution in [0.3, 0.4) is 0 Å². The van der Waals surface area contributed by atoms with Crippen molar-refractivity contribution in [2.75, 3.05) is 31.6 Å². The molecular weight excluding hydrogens is 485 g/mol. The fourth-order valence-electron chi connectivity index (χ4n) is 4.70. The van der Waals surface area contributed by atoms with Gasteiger partial charge in [0, 0.05) is 24.0 Å². The molecular formula is C30H30FN3O4. The number of carbonyl (C=O) groups is 1. The van der Waals surface area contributed by atoms with Gasteiger partial charge in [-0.25, -0.2) is 14.2 Å². The van der Waals surface area contributed by atoms with E-state index >= 15 is 0 Å². The minimum atomic E-state index is -0.587. The smallest absolute Gasteiger partial charge is 0.412 e. The van der Waals surface area contributed by atoms with Crippen molar-refractivity contribution in [3.8, 4) is 5.75 Å². The standard InChI is InChI=1S/C30H30FN3O4/c31-24-10-8-22(9-11-24)26-12-14-32-19-28(26)38-20-21-17-23-5-1-2-6-25(23)27(18-21)36-15-16-37-30(35)34-29-7-3-4-13-33-29/h1-11,13,17-18,26,28,32H,12,14-16,19-20H2,(H,33,34,35). The fraction of sp³-hybridized carbons (Fsp3) is 0.267. The van der Waals surface area contributed by atoms with Gasteiger partial charge in [-0.1, -0.05) is 42.5 Å². The van der Waals surface area contributed by atoms with Crippen LogP contribution >= 0.6 is 0 Å². The van der Waals surface area contributed by atoms with Crippen LogP contribution in [0.1, 0.15) is 23.5 Å². The van der Waals surface area contributed by atoms with Gasteiger partial charge in [0.2, 0.25) is 0 Å². The molecule has 0 spiro atoms. The number of ether oxygens (including phenoxy) is 3. The highest BCUT2D eigenvalue weighted by Gasteiger charge is 2.27. The Kier molecular flexibility index (Phi) is 8.42. The van der Waals surface area contributed by atoms with Crippen LogP contribution in [0.25, 0.3) is 10.8 Å². The maximum atomic E-state index is 13.4. The number of amides is 1. The quantitative estimate of drug-likeness (QED) is 0.280. The summed E-state index contributed by atoms with van der Waals surface area (Å²) >= 11 is 0. The average Bonchev–Trinajstić information content (AvgIpc) is 2.95. The van der Waals surface area contributed by atoms with E-state index in [1.165, 1.54) is 12.1 Å². The largest absolute Gasteiger partial charge is 0.489 e. The lowest BCUT2D eigenvalue weighted by atomic mass is 9.88. The second-order valence-corrected chi connectivity index (χ2v) is 9.14. The van der Waals surface area contributed by atoms with Crippen LogP contribution in [0.15, 0.2) is 85.1 Å². The second kappa shape index (κ2) is 12.5. The minimum absolute atomic E-state index is 0.0314. The molecule has 5 rings (SSSR count). The van der Waals surface area contributed by atoms with Crippen molar-refractivity contribution in [2.45, 2.75) is 25.0 Å². The van der Waals surface area contributed by atoms with Crippen molar-refractivity contribution in [2.24, 2.45) is 0 Å². The van der Waals surface area contributed by atoms with E-state index in [2.05, 4.69) is 21.7 Å². The molecule has 3 aromatic carbocycles. The molecule has 0 saturated carbocycles. The van der Waals surface area contributed by atoms with E-state index in [0.717, 1.165) is 41.4 Å². The Morgan fingerprint density at radius 3 is 2.71 bits per heavy atom. The van der Waals surface area contributed by atoms with Crippen molar-refractivity contribution >= 4 is 22.7 Å². The summed E-state index contributed by atoms with van der Waals surface area (Å²) in [7, 11) is 0. The zero-order valence-corrected chi connectivity index (χ0v) is 20.9. The lowest BCUT2D eigenvalue weighted by molar-refractivity contribution is 0.0106. The van der Waals surface area contributed by atoms with Crippen LogP contribution in [0.5, 0.6) is 5.75 Å². The lowest BCUT2D eigenvalue weighted by Gasteiger charge is -2.32. The molecule has 2 unspecified atom stereocenters. The number of hydrogen-bond donors (Lipinski definition) is 2. The summed E-state index contributed by atoms with van der Waals surface area (Å²) in [4.78, 5) is 16.0. The number of anilines is 1. The molecule has 0 bridgehead atoms. The molecule has 1 amide bonds. The van der Waals surface area contributed by atoms with E-state index in [-0.39, 0.29) is 31.1 Å². The van der Waals surface area contributed by atoms with Crippen LogP contribution in [0, 0.1) is 5.82 Å². The summed E-state index contributed by atoms with van der Waals surface area (Å²) in [5.74, 6) is 1.09. The van der Waals surface area contributed by atoms with E-state index in [4.69, 9.17) is 14.2 Å². The number of aromatic nitrogens is 1. The van der Waals surface area contributed by atoms with Crippen LogP contribution in [0.2, 0.25) is 0 Å². The number of nitrogens with zero attached hydrogens (tertiary/aromatic N) is 1. The Labute approximate surface area is 220 Å². The molecule has 0 radical (unpaired) electrons. The van der Waals surface area contributed by atoms with E-state index < -0.39 is 6.09 Å². The van der Waals surface area contributed by atoms with E-state index in [0.29, 0.717) is 18.2 Å². The summed E-state index contributed by atoms with van der Waals surface area (Å²) in [6.45, 7) is 2.33. The maximum Gasteiger partial charge on any atom is 0.412 e. The molecule has 0 aliphatic carbocycles. The predicted octanol–water partition coefficient (Wildman–Crippen LogP) is 5.66. The molecule has 196 valence electrons. The average molecular weight is 516 g/mol. The number of halogens is 1.